The molecule has 0 fully saturated rings. The first kappa shape index (κ1) is 17.5. The first-order valence-corrected chi connectivity index (χ1v) is 10.5. The van der Waals surface area contributed by atoms with Crippen LogP contribution in [0.15, 0.2) is 77.4 Å². The van der Waals surface area contributed by atoms with Crippen LogP contribution in [0.2, 0.25) is 0 Å². The molecule has 0 radical (unpaired) electrons. The molecule has 0 unspecified atom stereocenters. The van der Waals surface area contributed by atoms with Gasteiger partial charge in [0.1, 0.15) is 18.9 Å². The van der Waals surface area contributed by atoms with Crippen LogP contribution in [0.3, 0.4) is 0 Å². The third-order valence-electron chi connectivity index (χ3n) is 5.29. The molecule has 0 saturated carbocycles. The van der Waals surface area contributed by atoms with Crippen molar-refractivity contribution >= 4 is 37.7 Å². The number of halogens is 1. The van der Waals surface area contributed by atoms with Gasteiger partial charge < -0.3 is 9.47 Å². The summed E-state index contributed by atoms with van der Waals surface area (Å²) in [4.78, 5) is 4.73. The second-order valence-electron chi connectivity index (χ2n) is 7.14. The van der Waals surface area contributed by atoms with Gasteiger partial charge in [-0.1, -0.05) is 46.3 Å². The first-order chi connectivity index (χ1) is 14.8. The number of rotatable bonds is 2. The topological polar surface area (TPSA) is 49.2 Å². The van der Waals surface area contributed by atoms with Crippen LogP contribution in [-0.4, -0.2) is 28.0 Å². The lowest BCUT2D eigenvalue weighted by Crippen LogP contribution is -2.15. The number of aromatic nitrogens is 3. The third-order valence-corrected chi connectivity index (χ3v) is 5.82. The molecule has 146 valence electrons. The highest BCUT2D eigenvalue weighted by Gasteiger charge is 2.20. The van der Waals surface area contributed by atoms with Gasteiger partial charge in [-0.25, -0.2) is 4.68 Å². The molecular formula is C24H16BrN3O2. The predicted molar refractivity (Wildman–Crippen MR) is 120 cm³/mol. The molecule has 0 aliphatic carbocycles. The average molecular weight is 458 g/mol. The van der Waals surface area contributed by atoms with Crippen molar-refractivity contribution in [2.75, 3.05) is 13.2 Å². The van der Waals surface area contributed by atoms with Gasteiger partial charge in [-0.05, 0) is 30.3 Å². The number of hydrogen-bond donors (Lipinski definition) is 0. The molecule has 6 rings (SSSR count). The summed E-state index contributed by atoms with van der Waals surface area (Å²) in [7, 11) is 0. The zero-order valence-corrected chi connectivity index (χ0v) is 17.5. The minimum absolute atomic E-state index is 0.545. The Hall–Kier alpha value is -3.38. The van der Waals surface area contributed by atoms with Crippen LogP contribution in [0.5, 0.6) is 11.5 Å². The maximum absolute atomic E-state index is 5.84. The standard InChI is InChI=1S/C24H16BrN3O2/c25-16-6-8-17(9-7-16)28-24-18-12-21-22(30-11-10-29-21)13-20(18)26-14-19(24)23(27-28)15-4-2-1-3-5-15/h1-9,12-14H,10-11H2. The van der Waals surface area contributed by atoms with Gasteiger partial charge in [0.25, 0.3) is 0 Å². The number of benzene rings is 3. The van der Waals surface area contributed by atoms with E-state index in [0.717, 1.165) is 54.7 Å². The van der Waals surface area contributed by atoms with E-state index in [1.165, 1.54) is 0 Å². The Balaban J connectivity index is 1.71. The van der Waals surface area contributed by atoms with E-state index in [1.54, 1.807) is 0 Å². The molecule has 0 amide bonds. The normalized spacial score (nSPS) is 13.1. The lowest BCUT2D eigenvalue weighted by Gasteiger charge is -2.19. The average Bonchev–Trinajstić information content (AvgIpc) is 3.19. The molecule has 0 N–H and O–H groups in total. The minimum atomic E-state index is 0.545. The summed E-state index contributed by atoms with van der Waals surface area (Å²) >= 11 is 3.52. The van der Waals surface area contributed by atoms with Gasteiger partial charge in [-0.3, -0.25) is 4.98 Å². The van der Waals surface area contributed by atoms with Crippen molar-refractivity contribution < 1.29 is 9.47 Å². The molecule has 5 aromatic rings. The van der Waals surface area contributed by atoms with Gasteiger partial charge in [0, 0.05) is 33.1 Å². The number of hydrogen-bond acceptors (Lipinski definition) is 4. The molecule has 3 aromatic carbocycles. The van der Waals surface area contributed by atoms with E-state index in [1.807, 2.05) is 53.3 Å². The van der Waals surface area contributed by atoms with Gasteiger partial charge in [-0.15, -0.1) is 0 Å². The molecule has 0 spiro atoms. The van der Waals surface area contributed by atoms with E-state index in [9.17, 15) is 0 Å². The Kier molecular flexibility index (Phi) is 3.99. The Morgan fingerprint density at radius 3 is 2.33 bits per heavy atom. The van der Waals surface area contributed by atoms with Gasteiger partial charge >= 0.3 is 0 Å². The Morgan fingerprint density at radius 2 is 1.57 bits per heavy atom. The predicted octanol–water partition coefficient (Wildman–Crippen LogP) is 5.77. The van der Waals surface area contributed by atoms with Gasteiger partial charge in [0.05, 0.1) is 16.7 Å². The molecule has 0 saturated heterocycles. The van der Waals surface area contributed by atoms with Crippen molar-refractivity contribution in [1.82, 2.24) is 14.8 Å². The van der Waals surface area contributed by atoms with Crippen LogP contribution in [0.1, 0.15) is 0 Å². The maximum Gasteiger partial charge on any atom is 0.163 e. The van der Waals surface area contributed by atoms with E-state index < -0.39 is 0 Å². The smallest absolute Gasteiger partial charge is 0.163 e. The van der Waals surface area contributed by atoms with Crippen molar-refractivity contribution in [2.45, 2.75) is 0 Å². The van der Waals surface area contributed by atoms with Crippen LogP contribution >= 0.6 is 15.9 Å². The van der Waals surface area contributed by atoms with Crippen molar-refractivity contribution in [3.8, 4) is 28.4 Å². The summed E-state index contributed by atoms with van der Waals surface area (Å²) < 4.78 is 14.6. The van der Waals surface area contributed by atoms with Gasteiger partial charge in [0.15, 0.2) is 11.5 Å². The van der Waals surface area contributed by atoms with E-state index in [2.05, 4.69) is 40.2 Å². The molecule has 2 aromatic heterocycles. The van der Waals surface area contributed by atoms with Crippen LogP contribution in [0, 0.1) is 0 Å². The quantitative estimate of drug-likeness (QED) is 0.337. The van der Waals surface area contributed by atoms with Gasteiger partial charge in [-0.2, -0.15) is 5.10 Å². The molecule has 0 bridgehead atoms. The minimum Gasteiger partial charge on any atom is -0.486 e. The molecule has 5 nitrogen and oxygen atoms in total. The summed E-state index contributed by atoms with van der Waals surface area (Å²) in [6, 6.07) is 22.3. The van der Waals surface area contributed by atoms with Crippen LogP contribution in [-0.2, 0) is 0 Å². The fourth-order valence-corrected chi connectivity index (χ4v) is 4.16. The molecule has 30 heavy (non-hydrogen) atoms. The maximum atomic E-state index is 5.84. The molecule has 6 heteroatoms. The second kappa shape index (κ2) is 6.85. The monoisotopic (exact) mass is 457 g/mol. The highest BCUT2D eigenvalue weighted by Crippen LogP contribution is 2.39. The lowest BCUT2D eigenvalue weighted by atomic mass is 10.1. The summed E-state index contributed by atoms with van der Waals surface area (Å²) in [6.45, 7) is 1.10. The summed E-state index contributed by atoms with van der Waals surface area (Å²) in [5.74, 6) is 1.48. The number of fused-ring (bicyclic) bond motifs is 4. The van der Waals surface area contributed by atoms with Crippen molar-refractivity contribution in [3.63, 3.8) is 0 Å². The van der Waals surface area contributed by atoms with Crippen molar-refractivity contribution in [1.29, 1.82) is 0 Å². The highest BCUT2D eigenvalue weighted by atomic mass is 79.9. The van der Waals surface area contributed by atoms with Gasteiger partial charge in [0.2, 0.25) is 0 Å². The summed E-state index contributed by atoms with van der Waals surface area (Å²) in [6.07, 6.45) is 1.90. The van der Waals surface area contributed by atoms with E-state index >= 15 is 0 Å². The Bertz CT molecular complexity index is 1400. The Labute approximate surface area is 181 Å². The molecule has 1 aliphatic rings. The largest absolute Gasteiger partial charge is 0.486 e. The van der Waals surface area contributed by atoms with Crippen LogP contribution in [0.4, 0.5) is 0 Å². The molecular weight excluding hydrogens is 442 g/mol. The first-order valence-electron chi connectivity index (χ1n) is 9.70. The van der Waals surface area contributed by atoms with E-state index in [-0.39, 0.29) is 0 Å². The molecule has 1 aliphatic heterocycles. The SMILES string of the molecule is Brc1ccc(-n2nc(-c3ccccc3)c3cnc4cc5c(cc4c32)OCCO5)cc1. The van der Waals surface area contributed by atoms with E-state index in [0.29, 0.717) is 13.2 Å². The Morgan fingerprint density at radius 1 is 0.833 bits per heavy atom. The zero-order chi connectivity index (χ0) is 20.1. The summed E-state index contributed by atoms with van der Waals surface area (Å²) in [5.41, 5.74) is 4.78. The number of nitrogens with zero attached hydrogens (tertiary/aromatic N) is 3. The van der Waals surface area contributed by atoms with E-state index in [4.69, 9.17) is 19.6 Å². The fraction of sp³-hybridized carbons (Fsp3) is 0.0833. The second-order valence-corrected chi connectivity index (χ2v) is 8.05. The third kappa shape index (κ3) is 2.75. The van der Waals surface area contributed by atoms with Crippen LogP contribution in [0.25, 0.3) is 38.8 Å². The lowest BCUT2D eigenvalue weighted by molar-refractivity contribution is 0.172. The fourth-order valence-electron chi connectivity index (χ4n) is 3.90. The molecule has 3 heterocycles. The van der Waals surface area contributed by atoms with Crippen molar-refractivity contribution in [3.05, 3.63) is 77.4 Å². The number of pyridine rings is 1. The van der Waals surface area contributed by atoms with Crippen LogP contribution < -0.4 is 9.47 Å². The zero-order valence-electron chi connectivity index (χ0n) is 15.9. The van der Waals surface area contributed by atoms with Crippen molar-refractivity contribution in [2.24, 2.45) is 0 Å². The number of ether oxygens (including phenoxy) is 2. The molecule has 0 atom stereocenters. The highest BCUT2D eigenvalue weighted by molar-refractivity contribution is 9.10. The summed E-state index contributed by atoms with van der Waals surface area (Å²) in [5, 5.41) is 6.99.